The number of hydrogen-bond acceptors (Lipinski definition) is 11. The summed E-state index contributed by atoms with van der Waals surface area (Å²) < 4.78 is 4.57. The Morgan fingerprint density at radius 3 is 2.47 bits per heavy atom. The van der Waals surface area contributed by atoms with Crippen molar-refractivity contribution in [2.75, 3.05) is 13.7 Å². The number of nitrogens with two attached hydrogens (primary N) is 1. The zero-order chi connectivity index (χ0) is 31.4. The van der Waals surface area contributed by atoms with Crippen molar-refractivity contribution >= 4 is 40.9 Å². The summed E-state index contributed by atoms with van der Waals surface area (Å²) in [5, 5.41) is 33.9. The first-order valence-electron chi connectivity index (χ1n) is 13.5. The van der Waals surface area contributed by atoms with Crippen molar-refractivity contribution < 1.29 is 53.6 Å². The number of ether oxygens (including phenoxy) is 1. The lowest BCUT2D eigenvalue weighted by Crippen LogP contribution is -2.68. The lowest BCUT2D eigenvalue weighted by atomic mass is 9.53. The molecule has 0 aromatic heterocycles. The average molecular weight is 593 g/mol. The zero-order valence-corrected chi connectivity index (χ0v) is 22.9. The summed E-state index contributed by atoms with van der Waals surface area (Å²) in [6.07, 6.45) is -0.453. The van der Waals surface area contributed by atoms with Crippen LogP contribution in [0.15, 0.2) is 36.4 Å². The maximum Gasteiger partial charge on any atom is 0.330 e. The number of nitrogens with one attached hydrogen (secondary N) is 1. The summed E-state index contributed by atoms with van der Waals surface area (Å²) in [5.74, 6) is -12.7. The molecular weight excluding hydrogens is 564 g/mol. The van der Waals surface area contributed by atoms with Crippen molar-refractivity contribution in [3.8, 4) is 16.9 Å². The van der Waals surface area contributed by atoms with E-state index in [1.807, 2.05) is 0 Å². The predicted octanol–water partition coefficient (Wildman–Crippen LogP) is -0.742. The molecule has 13 nitrogen and oxygen atoms in total. The van der Waals surface area contributed by atoms with Crippen LogP contribution in [0.1, 0.15) is 39.1 Å². The molecule has 3 unspecified atom stereocenters. The molecule has 0 heterocycles. The molecule has 0 spiro atoms. The van der Waals surface area contributed by atoms with E-state index in [0.717, 1.165) is 7.11 Å². The van der Waals surface area contributed by atoms with Gasteiger partial charge in [0.15, 0.2) is 40.7 Å². The van der Waals surface area contributed by atoms with Gasteiger partial charge in [0.2, 0.25) is 5.91 Å². The van der Waals surface area contributed by atoms with E-state index in [-0.39, 0.29) is 24.0 Å². The number of phenols is 1. The Morgan fingerprint density at radius 2 is 1.81 bits per heavy atom. The summed E-state index contributed by atoms with van der Waals surface area (Å²) in [5.41, 5.74) is 3.68. The van der Waals surface area contributed by atoms with Crippen molar-refractivity contribution in [3.05, 3.63) is 53.1 Å². The highest BCUT2D eigenvalue weighted by Gasteiger charge is 2.66. The van der Waals surface area contributed by atoms with E-state index in [9.17, 15) is 48.9 Å². The van der Waals surface area contributed by atoms with Gasteiger partial charge in [-0.3, -0.25) is 28.8 Å². The molecule has 0 aliphatic heterocycles. The van der Waals surface area contributed by atoms with E-state index in [0.29, 0.717) is 16.7 Å². The standard InChI is InChI=1S/C30H28N2O11/c1-43-29(41)18(11-33)32-28(40)13-4-2-3-12(7-13)16-5-6-19(34)22-17(16)9-14-8-15-10-20(35)23(27(31)39)26(38)30(15,42)25(37)21(14)24(22)36/h2-7,14-15,18,21,23,33-34,42H,8-11H2,1H3,(H2,31,39)(H,32,40)/t14-,15+,18?,21?,23?,30+/m1/s1. The Kier molecular flexibility index (Phi) is 7.48. The minimum Gasteiger partial charge on any atom is -0.507 e. The van der Waals surface area contributed by atoms with Gasteiger partial charge in [-0.15, -0.1) is 0 Å². The van der Waals surface area contributed by atoms with Crippen molar-refractivity contribution in [2.24, 2.45) is 29.4 Å². The number of amides is 2. The van der Waals surface area contributed by atoms with E-state index in [1.165, 1.54) is 24.3 Å². The van der Waals surface area contributed by atoms with E-state index in [1.54, 1.807) is 12.1 Å². The van der Waals surface area contributed by atoms with E-state index in [4.69, 9.17) is 5.73 Å². The van der Waals surface area contributed by atoms with Gasteiger partial charge >= 0.3 is 5.97 Å². The van der Waals surface area contributed by atoms with Gasteiger partial charge in [-0.05, 0) is 53.6 Å². The highest BCUT2D eigenvalue weighted by atomic mass is 16.5. The van der Waals surface area contributed by atoms with E-state index >= 15 is 0 Å². The Hall–Kier alpha value is -4.75. The van der Waals surface area contributed by atoms with Gasteiger partial charge in [-0.1, -0.05) is 18.2 Å². The number of hydrogen-bond donors (Lipinski definition) is 5. The fourth-order valence-electron chi connectivity index (χ4n) is 6.63. The molecular formula is C30H28N2O11. The molecule has 224 valence electrons. The van der Waals surface area contributed by atoms with Crippen LogP contribution < -0.4 is 11.1 Å². The Balaban J connectivity index is 1.52. The van der Waals surface area contributed by atoms with Gasteiger partial charge in [0.1, 0.15) is 5.75 Å². The van der Waals surface area contributed by atoms with Crippen LogP contribution in [0.2, 0.25) is 0 Å². The molecule has 0 saturated heterocycles. The molecule has 2 saturated carbocycles. The zero-order valence-electron chi connectivity index (χ0n) is 22.9. The van der Waals surface area contributed by atoms with E-state index in [2.05, 4.69) is 10.1 Å². The third kappa shape index (κ3) is 4.61. The lowest BCUT2D eigenvalue weighted by molar-refractivity contribution is -0.175. The molecule has 5 rings (SSSR count). The first-order valence-corrected chi connectivity index (χ1v) is 13.5. The maximum absolute atomic E-state index is 13.8. The number of rotatable bonds is 6. The average Bonchev–Trinajstić information content (AvgIpc) is 2.97. The quantitative estimate of drug-likeness (QED) is 0.207. The van der Waals surface area contributed by atoms with Crippen molar-refractivity contribution in [3.63, 3.8) is 0 Å². The minimum absolute atomic E-state index is 0.0563. The smallest absolute Gasteiger partial charge is 0.330 e. The summed E-state index contributed by atoms with van der Waals surface area (Å²) >= 11 is 0. The van der Waals surface area contributed by atoms with Gasteiger partial charge in [-0.25, -0.2) is 4.79 Å². The van der Waals surface area contributed by atoms with Crippen LogP contribution in [0.3, 0.4) is 0 Å². The predicted molar refractivity (Wildman–Crippen MR) is 144 cm³/mol. The second-order valence-corrected chi connectivity index (χ2v) is 11.0. The monoisotopic (exact) mass is 592 g/mol. The summed E-state index contributed by atoms with van der Waals surface area (Å²) in [4.78, 5) is 89.6. The van der Waals surface area contributed by atoms with Crippen molar-refractivity contribution in [1.29, 1.82) is 0 Å². The van der Waals surface area contributed by atoms with Gasteiger partial charge in [0.05, 0.1) is 25.2 Å². The van der Waals surface area contributed by atoms with Crippen molar-refractivity contribution in [2.45, 2.75) is 30.9 Å². The fraction of sp³-hybridized carbons (Fsp3) is 0.367. The summed E-state index contributed by atoms with van der Waals surface area (Å²) in [7, 11) is 1.11. The molecule has 2 aromatic carbocycles. The number of ketones is 4. The SMILES string of the molecule is COC(=O)C(CO)NC(=O)c1cccc(-c2ccc(O)c3c2C[C@H]2C[C@H]4CC(=O)C(C(N)=O)C(=O)[C@@]4(O)C(=O)C2C3=O)c1. The number of aliphatic hydroxyl groups is 2. The Labute approximate surface area is 244 Å². The molecule has 2 amide bonds. The maximum atomic E-state index is 13.8. The topological polar surface area (TPSA) is 227 Å². The first kappa shape index (κ1) is 29.7. The molecule has 43 heavy (non-hydrogen) atoms. The lowest BCUT2D eigenvalue weighted by Gasteiger charge is -2.48. The van der Waals surface area contributed by atoms with Gasteiger partial charge in [0.25, 0.3) is 5.91 Å². The Bertz CT molecular complexity index is 1610. The number of methoxy groups -OCH3 is 1. The number of benzene rings is 2. The fourth-order valence-corrected chi connectivity index (χ4v) is 6.63. The van der Waals surface area contributed by atoms with Crippen LogP contribution in [0.5, 0.6) is 5.75 Å². The number of phenolic OH excluding ortho intramolecular Hbond substituents is 1. The normalized spacial score (nSPS) is 27.0. The molecule has 2 fully saturated rings. The number of carbonyl (C=O) groups is 7. The Morgan fingerprint density at radius 1 is 1.09 bits per heavy atom. The van der Waals surface area contributed by atoms with Crippen molar-refractivity contribution in [1.82, 2.24) is 5.32 Å². The molecule has 0 bridgehead atoms. The highest BCUT2D eigenvalue weighted by molar-refractivity contribution is 6.31. The molecule has 2 aromatic rings. The summed E-state index contributed by atoms with van der Waals surface area (Å²) in [6.45, 7) is -0.691. The molecule has 6 atom stereocenters. The number of fused-ring (bicyclic) bond motifs is 3. The number of esters is 1. The number of carbonyl (C=O) groups excluding carboxylic acids is 7. The number of Topliss-reactive ketones (excluding diaryl/α,β-unsaturated/α-hetero) is 4. The second-order valence-electron chi connectivity index (χ2n) is 11.0. The van der Waals surface area contributed by atoms with Crippen LogP contribution in [0, 0.1) is 23.7 Å². The third-order valence-corrected chi connectivity index (χ3v) is 8.69. The first-order chi connectivity index (χ1) is 20.3. The van der Waals surface area contributed by atoms with Crippen LogP contribution in [-0.2, 0) is 35.1 Å². The summed E-state index contributed by atoms with van der Waals surface area (Å²) in [6, 6.07) is 7.65. The third-order valence-electron chi connectivity index (χ3n) is 8.69. The molecule has 13 heteroatoms. The van der Waals surface area contributed by atoms with Crippen LogP contribution >= 0.6 is 0 Å². The molecule has 3 aliphatic carbocycles. The number of primary amides is 1. The highest BCUT2D eigenvalue weighted by Crippen LogP contribution is 2.51. The molecule has 6 N–H and O–H groups in total. The molecule has 0 radical (unpaired) electrons. The number of aliphatic hydroxyl groups excluding tert-OH is 1. The van der Waals surface area contributed by atoms with Crippen LogP contribution in [-0.4, -0.2) is 81.6 Å². The minimum atomic E-state index is -2.74. The van der Waals surface area contributed by atoms with E-state index < -0.39 is 95.0 Å². The largest absolute Gasteiger partial charge is 0.507 e. The van der Waals surface area contributed by atoms with Gasteiger partial charge < -0.3 is 31.1 Å². The second kappa shape index (κ2) is 10.8. The van der Waals surface area contributed by atoms with Crippen LogP contribution in [0.4, 0.5) is 0 Å². The number of aromatic hydroxyl groups is 1. The van der Waals surface area contributed by atoms with Gasteiger partial charge in [-0.2, -0.15) is 0 Å². The van der Waals surface area contributed by atoms with Gasteiger partial charge in [0, 0.05) is 17.9 Å². The molecule has 3 aliphatic rings. The van der Waals surface area contributed by atoms with Crippen LogP contribution in [0.25, 0.3) is 11.1 Å².